The Kier molecular flexibility index (Phi) is 4.40. The van der Waals surface area contributed by atoms with Gasteiger partial charge in [0.1, 0.15) is 11.9 Å². The lowest BCUT2D eigenvalue weighted by Gasteiger charge is -2.35. The number of fused-ring (bicyclic) bond motifs is 1. The van der Waals surface area contributed by atoms with Crippen LogP contribution in [-0.2, 0) is 17.6 Å². The summed E-state index contributed by atoms with van der Waals surface area (Å²) in [6, 6.07) is 0.541. The van der Waals surface area contributed by atoms with E-state index < -0.39 is 0 Å². The molecule has 1 saturated heterocycles. The predicted octanol–water partition coefficient (Wildman–Crippen LogP) is 2.18. The van der Waals surface area contributed by atoms with E-state index in [1.807, 2.05) is 0 Å². The summed E-state index contributed by atoms with van der Waals surface area (Å²) in [6.07, 6.45) is 3.37. The van der Waals surface area contributed by atoms with E-state index in [1.165, 1.54) is 17.7 Å². The number of aromatic nitrogens is 2. The second-order valence-corrected chi connectivity index (χ2v) is 6.19. The van der Waals surface area contributed by atoms with E-state index in [4.69, 9.17) is 14.7 Å². The molecule has 0 aromatic carbocycles. The fourth-order valence-corrected chi connectivity index (χ4v) is 3.20. The Morgan fingerprint density at radius 2 is 2.19 bits per heavy atom. The van der Waals surface area contributed by atoms with Crippen LogP contribution in [0.2, 0.25) is 0 Å². The highest BCUT2D eigenvalue weighted by Crippen LogP contribution is 2.29. The van der Waals surface area contributed by atoms with Crippen LogP contribution in [0, 0.1) is 0 Å². The maximum absolute atomic E-state index is 5.94. The van der Waals surface area contributed by atoms with Crippen LogP contribution < -0.4 is 5.32 Å². The third-order valence-corrected chi connectivity index (χ3v) is 4.41. The number of morpholine rings is 1. The van der Waals surface area contributed by atoms with Crippen molar-refractivity contribution in [3.05, 3.63) is 17.1 Å². The Morgan fingerprint density at radius 1 is 1.33 bits per heavy atom. The number of nitrogens with zero attached hydrogens (tertiary/aromatic N) is 3. The number of nitrogens with one attached hydrogen (secondary N) is 1. The first-order valence-corrected chi connectivity index (χ1v) is 8.18. The maximum atomic E-state index is 5.94. The number of hydrogen-bond acceptors (Lipinski definition) is 5. The largest absolute Gasteiger partial charge is 0.370 e. The molecule has 1 aromatic heterocycles. The smallest absolute Gasteiger partial charge is 0.161 e. The summed E-state index contributed by atoms with van der Waals surface area (Å²) < 4.78 is 5.94. The van der Waals surface area contributed by atoms with Gasteiger partial charge < -0.3 is 10.1 Å². The van der Waals surface area contributed by atoms with E-state index >= 15 is 0 Å². The molecule has 5 nitrogen and oxygen atoms in total. The number of ether oxygens (including phenoxy) is 1. The molecule has 5 heteroatoms. The lowest BCUT2D eigenvalue weighted by atomic mass is 10.2. The Labute approximate surface area is 127 Å². The highest BCUT2D eigenvalue weighted by molar-refractivity contribution is 5.49. The molecular formula is C16H26N4O. The molecule has 1 unspecified atom stereocenters. The number of hydrogen-bond donors (Lipinski definition) is 1. The highest BCUT2D eigenvalue weighted by Gasteiger charge is 2.28. The monoisotopic (exact) mass is 290 g/mol. The molecule has 116 valence electrons. The zero-order valence-electron chi connectivity index (χ0n) is 13.4. The Hall–Kier alpha value is -1.20. The van der Waals surface area contributed by atoms with Gasteiger partial charge in [0.05, 0.1) is 6.61 Å². The van der Waals surface area contributed by atoms with Gasteiger partial charge in [-0.2, -0.15) is 0 Å². The number of rotatable bonds is 4. The zero-order valence-corrected chi connectivity index (χ0v) is 13.4. The van der Waals surface area contributed by atoms with Crippen molar-refractivity contribution in [2.45, 2.75) is 52.2 Å². The van der Waals surface area contributed by atoms with Crippen molar-refractivity contribution in [1.29, 1.82) is 0 Å². The molecule has 0 spiro atoms. The summed E-state index contributed by atoms with van der Waals surface area (Å²) in [5.41, 5.74) is 2.54. The highest BCUT2D eigenvalue weighted by atomic mass is 16.5. The quantitative estimate of drug-likeness (QED) is 0.921. The Morgan fingerprint density at radius 3 is 2.95 bits per heavy atom. The molecule has 21 heavy (non-hydrogen) atoms. The molecule has 0 radical (unpaired) electrons. The predicted molar refractivity (Wildman–Crippen MR) is 83.6 cm³/mol. The Bertz CT molecular complexity index is 503. The first-order chi connectivity index (χ1) is 10.2. The SMILES string of the molecule is CCNc1nc(C2CN(C(C)C)CCO2)nc2c1CCC2. The van der Waals surface area contributed by atoms with Crippen LogP contribution in [0.15, 0.2) is 0 Å². The molecule has 3 rings (SSSR count). The van der Waals surface area contributed by atoms with Crippen LogP contribution in [0.5, 0.6) is 0 Å². The van der Waals surface area contributed by atoms with E-state index in [2.05, 4.69) is 31.0 Å². The molecule has 2 heterocycles. The fraction of sp³-hybridized carbons (Fsp3) is 0.750. The molecule has 0 saturated carbocycles. The van der Waals surface area contributed by atoms with E-state index in [0.29, 0.717) is 6.04 Å². The molecule has 0 amide bonds. The summed E-state index contributed by atoms with van der Waals surface area (Å²) in [4.78, 5) is 12.0. The normalized spacial score (nSPS) is 22.6. The van der Waals surface area contributed by atoms with Gasteiger partial charge in [0.25, 0.3) is 0 Å². The minimum atomic E-state index is 0.00413. The van der Waals surface area contributed by atoms with Crippen LogP contribution >= 0.6 is 0 Å². The summed E-state index contributed by atoms with van der Waals surface area (Å²) in [5.74, 6) is 1.89. The van der Waals surface area contributed by atoms with E-state index in [9.17, 15) is 0 Å². The second-order valence-electron chi connectivity index (χ2n) is 6.19. The lowest BCUT2D eigenvalue weighted by Crippen LogP contribution is -2.42. The third-order valence-electron chi connectivity index (χ3n) is 4.41. The average Bonchev–Trinajstić information content (AvgIpc) is 2.96. The van der Waals surface area contributed by atoms with E-state index in [-0.39, 0.29) is 6.10 Å². The van der Waals surface area contributed by atoms with Crippen LogP contribution in [0.1, 0.15) is 50.4 Å². The van der Waals surface area contributed by atoms with Crippen molar-refractivity contribution in [2.24, 2.45) is 0 Å². The van der Waals surface area contributed by atoms with Crippen molar-refractivity contribution in [1.82, 2.24) is 14.9 Å². The third kappa shape index (κ3) is 3.04. The molecule has 0 bridgehead atoms. The number of aryl methyl sites for hydroxylation is 1. The van der Waals surface area contributed by atoms with Gasteiger partial charge in [-0.3, -0.25) is 4.90 Å². The summed E-state index contributed by atoms with van der Waals surface area (Å²) in [5, 5.41) is 3.40. The lowest BCUT2D eigenvalue weighted by molar-refractivity contribution is -0.0443. The zero-order chi connectivity index (χ0) is 14.8. The molecule has 1 atom stereocenters. The summed E-state index contributed by atoms with van der Waals surface area (Å²) in [6.45, 7) is 10.1. The minimum Gasteiger partial charge on any atom is -0.370 e. The van der Waals surface area contributed by atoms with Crippen LogP contribution in [0.3, 0.4) is 0 Å². The fourth-order valence-electron chi connectivity index (χ4n) is 3.20. The van der Waals surface area contributed by atoms with Crippen LogP contribution in [0.25, 0.3) is 0 Å². The van der Waals surface area contributed by atoms with Crippen molar-refractivity contribution in [3.8, 4) is 0 Å². The summed E-state index contributed by atoms with van der Waals surface area (Å²) >= 11 is 0. The Balaban J connectivity index is 1.86. The van der Waals surface area contributed by atoms with Gasteiger partial charge in [-0.05, 0) is 40.0 Å². The van der Waals surface area contributed by atoms with Crippen molar-refractivity contribution in [3.63, 3.8) is 0 Å². The first-order valence-electron chi connectivity index (χ1n) is 8.18. The van der Waals surface area contributed by atoms with Crippen molar-refractivity contribution < 1.29 is 4.74 Å². The van der Waals surface area contributed by atoms with Crippen LogP contribution in [-0.4, -0.2) is 47.2 Å². The van der Waals surface area contributed by atoms with Gasteiger partial charge in [-0.1, -0.05) is 0 Å². The van der Waals surface area contributed by atoms with Gasteiger partial charge in [0, 0.05) is 36.9 Å². The number of anilines is 1. The first kappa shape index (κ1) is 14.7. The van der Waals surface area contributed by atoms with Crippen molar-refractivity contribution >= 4 is 5.82 Å². The van der Waals surface area contributed by atoms with E-state index in [0.717, 1.165) is 50.7 Å². The molecule has 2 aliphatic rings. The molecular weight excluding hydrogens is 264 g/mol. The van der Waals surface area contributed by atoms with Gasteiger partial charge in [-0.15, -0.1) is 0 Å². The second kappa shape index (κ2) is 6.28. The average molecular weight is 290 g/mol. The van der Waals surface area contributed by atoms with Gasteiger partial charge in [-0.25, -0.2) is 9.97 Å². The van der Waals surface area contributed by atoms with Crippen molar-refractivity contribution in [2.75, 3.05) is 31.6 Å². The molecule has 1 N–H and O–H groups in total. The molecule has 1 aliphatic carbocycles. The van der Waals surface area contributed by atoms with Gasteiger partial charge in [0.2, 0.25) is 0 Å². The maximum Gasteiger partial charge on any atom is 0.161 e. The molecule has 1 aromatic rings. The topological polar surface area (TPSA) is 50.3 Å². The van der Waals surface area contributed by atoms with Crippen LogP contribution in [0.4, 0.5) is 5.82 Å². The standard InChI is InChI=1S/C16H26N4O/c1-4-17-15-12-6-5-7-13(12)18-16(19-15)14-10-20(11(2)3)8-9-21-14/h11,14H,4-10H2,1-3H3,(H,17,18,19). The van der Waals surface area contributed by atoms with E-state index in [1.54, 1.807) is 0 Å². The minimum absolute atomic E-state index is 0.00413. The molecule has 1 fully saturated rings. The van der Waals surface area contributed by atoms with Gasteiger partial charge in [0.15, 0.2) is 5.82 Å². The molecule has 1 aliphatic heterocycles. The van der Waals surface area contributed by atoms with Gasteiger partial charge >= 0.3 is 0 Å². The summed E-state index contributed by atoms with van der Waals surface area (Å²) in [7, 11) is 0.